The molecule has 1 unspecified atom stereocenters. The Morgan fingerprint density at radius 3 is 2.48 bits per heavy atom. The zero-order valence-corrected chi connectivity index (χ0v) is 18.6. The number of nitrogens with one attached hydrogen (secondary N) is 2. The van der Waals surface area contributed by atoms with Crippen molar-refractivity contribution in [2.24, 2.45) is 5.10 Å². The van der Waals surface area contributed by atoms with Crippen LogP contribution in [0.3, 0.4) is 0 Å². The second-order valence-electron chi connectivity index (χ2n) is 7.48. The summed E-state index contributed by atoms with van der Waals surface area (Å²) in [4.78, 5) is 24.8. The van der Waals surface area contributed by atoms with Gasteiger partial charge in [-0.3, -0.25) is 14.6 Å². The van der Waals surface area contributed by atoms with Crippen LogP contribution in [0, 0.1) is 13.8 Å². The number of aryl methyl sites for hydroxylation is 2. The largest absolute Gasteiger partial charge is 0.350 e. The molecule has 8 nitrogen and oxygen atoms in total. The molecular weight excluding hydrogens is 416 g/mol. The molecule has 0 aromatic heterocycles. The van der Waals surface area contributed by atoms with E-state index in [1.165, 1.54) is 6.92 Å². The summed E-state index contributed by atoms with van der Waals surface area (Å²) in [6, 6.07) is 13.9. The summed E-state index contributed by atoms with van der Waals surface area (Å²) in [6.45, 7) is 5.16. The standard InChI is InChI=1S/C22H26N4O4S/c1-15-9-10-16(2)21(13-15)31(29,30)24-12-11-23-22(28)19-14-20(17(3)27)26(25-19)18-7-5-4-6-8-18/h4-10,13,20,24H,11-12,14H2,1-3H3,(H,23,28). The molecule has 1 heterocycles. The first-order valence-corrected chi connectivity index (χ1v) is 11.4. The van der Waals surface area contributed by atoms with E-state index in [9.17, 15) is 18.0 Å². The van der Waals surface area contributed by atoms with Gasteiger partial charge in [-0.05, 0) is 50.1 Å². The number of benzene rings is 2. The molecule has 0 saturated carbocycles. The number of anilines is 1. The number of hydrazone groups is 1. The molecule has 0 radical (unpaired) electrons. The molecule has 2 N–H and O–H groups in total. The summed E-state index contributed by atoms with van der Waals surface area (Å²) in [6.07, 6.45) is 0.199. The predicted octanol–water partition coefficient (Wildman–Crippen LogP) is 1.92. The summed E-state index contributed by atoms with van der Waals surface area (Å²) in [5.74, 6) is -0.507. The Morgan fingerprint density at radius 1 is 1.10 bits per heavy atom. The van der Waals surface area contributed by atoms with E-state index in [2.05, 4.69) is 15.1 Å². The molecule has 1 aliphatic heterocycles. The number of amides is 1. The molecule has 9 heteroatoms. The Bertz CT molecular complexity index is 1110. The summed E-state index contributed by atoms with van der Waals surface area (Å²) >= 11 is 0. The third-order valence-electron chi connectivity index (χ3n) is 5.00. The van der Waals surface area contributed by atoms with Gasteiger partial charge < -0.3 is 5.32 Å². The van der Waals surface area contributed by atoms with Gasteiger partial charge in [0.1, 0.15) is 11.8 Å². The Balaban J connectivity index is 1.59. The quantitative estimate of drug-likeness (QED) is 0.608. The second kappa shape index (κ2) is 9.40. The first-order valence-electron chi connectivity index (χ1n) is 9.96. The highest BCUT2D eigenvalue weighted by molar-refractivity contribution is 7.89. The smallest absolute Gasteiger partial charge is 0.267 e. The number of rotatable bonds is 8. The number of nitrogens with zero attached hydrogens (tertiary/aromatic N) is 2. The first kappa shape index (κ1) is 22.6. The number of carbonyl (C=O) groups is 2. The van der Waals surface area contributed by atoms with E-state index in [1.807, 2.05) is 43.3 Å². The van der Waals surface area contributed by atoms with Crippen molar-refractivity contribution in [2.45, 2.75) is 38.1 Å². The summed E-state index contributed by atoms with van der Waals surface area (Å²) in [5.41, 5.74) is 2.47. The van der Waals surface area contributed by atoms with Crippen molar-refractivity contribution in [1.29, 1.82) is 0 Å². The van der Waals surface area contributed by atoms with Crippen molar-refractivity contribution in [3.05, 3.63) is 59.7 Å². The Labute approximate surface area is 182 Å². The Kier molecular flexibility index (Phi) is 6.87. The van der Waals surface area contributed by atoms with Crippen molar-refractivity contribution in [3.63, 3.8) is 0 Å². The molecule has 0 fully saturated rings. The lowest BCUT2D eigenvalue weighted by Gasteiger charge is -2.20. The van der Waals surface area contributed by atoms with Crippen LogP contribution in [0.25, 0.3) is 0 Å². The number of sulfonamides is 1. The highest BCUT2D eigenvalue weighted by Gasteiger charge is 2.34. The van der Waals surface area contributed by atoms with Crippen LogP contribution < -0.4 is 15.0 Å². The van der Waals surface area contributed by atoms with E-state index < -0.39 is 22.0 Å². The van der Waals surface area contributed by atoms with Crippen LogP contribution in [0.2, 0.25) is 0 Å². The van der Waals surface area contributed by atoms with Crippen molar-refractivity contribution in [3.8, 4) is 0 Å². The minimum absolute atomic E-state index is 0.0350. The van der Waals surface area contributed by atoms with Crippen LogP contribution in [0.4, 0.5) is 5.69 Å². The highest BCUT2D eigenvalue weighted by Crippen LogP contribution is 2.25. The average molecular weight is 443 g/mol. The third kappa shape index (κ3) is 5.36. The van der Waals surface area contributed by atoms with Gasteiger partial charge in [0.15, 0.2) is 5.78 Å². The number of hydrogen-bond donors (Lipinski definition) is 2. The van der Waals surface area contributed by atoms with Crippen LogP contribution in [-0.4, -0.2) is 45.0 Å². The number of ketones is 1. The van der Waals surface area contributed by atoms with Crippen LogP contribution in [0.5, 0.6) is 0 Å². The fourth-order valence-electron chi connectivity index (χ4n) is 3.32. The predicted molar refractivity (Wildman–Crippen MR) is 120 cm³/mol. The lowest BCUT2D eigenvalue weighted by atomic mass is 10.1. The monoisotopic (exact) mass is 442 g/mol. The van der Waals surface area contributed by atoms with Crippen molar-refractivity contribution >= 4 is 33.1 Å². The third-order valence-corrected chi connectivity index (χ3v) is 6.60. The Morgan fingerprint density at radius 2 is 1.81 bits per heavy atom. The molecule has 2 aromatic rings. The topological polar surface area (TPSA) is 108 Å². The van der Waals surface area contributed by atoms with Gasteiger partial charge in [-0.2, -0.15) is 5.10 Å². The van der Waals surface area contributed by atoms with Gasteiger partial charge in [-0.25, -0.2) is 13.1 Å². The number of hydrogen-bond acceptors (Lipinski definition) is 6. The highest BCUT2D eigenvalue weighted by atomic mass is 32.2. The summed E-state index contributed by atoms with van der Waals surface area (Å²) < 4.78 is 27.6. The molecule has 3 rings (SSSR count). The zero-order valence-electron chi connectivity index (χ0n) is 17.8. The van der Waals surface area contributed by atoms with Gasteiger partial charge in [-0.15, -0.1) is 0 Å². The molecule has 1 amide bonds. The number of para-hydroxylation sites is 1. The van der Waals surface area contributed by atoms with Gasteiger partial charge in [-0.1, -0.05) is 30.3 Å². The van der Waals surface area contributed by atoms with Crippen molar-refractivity contribution < 1.29 is 18.0 Å². The summed E-state index contributed by atoms with van der Waals surface area (Å²) in [5, 5.41) is 8.56. The minimum Gasteiger partial charge on any atom is -0.350 e. The van der Waals surface area contributed by atoms with E-state index >= 15 is 0 Å². The fourth-order valence-corrected chi connectivity index (χ4v) is 4.68. The average Bonchev–Trinajstić information content (AvgIpc) is 3.19. The number of carbonyl (C=O) groups excluding carboxylic acids is 2. The maximum atomic E-state index is 12.5. The lowest BCUT2D eigenvalue weighted by Crippen LogP contribution is -2.38. The maximum Gasteiger partial charge on any atom is 0.267 e. The zero-order chi connectivity index (χ0) is 22.6. The minimum atomic E-state index is -3.68. The SMILES string of the molecule is CC(=O)C1CC(C(=O)NCCNS(=O)(=O)c2cc(C)ccc2C)=NN1c1ccccc1. The molecule has 31 heavy (non-hydrogen) atoms. The van der Waals surface area contributed by atoms with E-state index in [4.69, 9.17) is 0 Å². The van der Waals surface area contributed by atoms with E-state index in [0.717, 1.165) is 11.3 Å². The molecule has 2 aromatic carbocycles. The van der Waals surface area contributed by atoms with Gasteiger partial charge in [0.25, 0.3) is 5.91 Å². The Hall–Kier alpha value is -3.04. The van der Waals surface area contributed by atoms with Crippen molar-refractivity contribution in [2.75, 3.05) is 18.1 Å². The molecule has 0 saturated heterocycles. The van der Waals surface area contributed by atoms with E-state index in [-0.39, 0.29) is 35.9 Å². The first-order chi connectivity index (χ1) is 14.7. The van der Waals surface area contributed by atoms with Gasteiger partial charge in [0.05, 0.1) is 10.6 Å². The maximum absolute atomic E-state index is 12.5. The fraction of sp³-hybridized carbons (Fsp3) is 0.318. The van der Waals surface area contributed by atoms with Crippen molar-refractivity contribution in [1.82, 2.24) is 10.0 Å². The number of Topliss-reactive ketones (excluding diaryl/α,β-unsaturated/α-hetero) is 1. The molecule has 1 aliphatic rings. The van der Waals surface area contributed by atoms with Gasteiger partial charge in [0, 0.05) is 19.5 Å². The van der Waals surface area contributed by atoms with Crippen LogP contribution in [0.15, 0.2) is 58.5 Å². The molecule has 0 spiro atoms. The second-order valence-corrected chi connectivity index (χ2v) is 9.22. The molecule has 0 bridgehead atoms. The summed E-state index contributed by atoms with van der Waals surface area (Å²) in [7, 11) is -3.68. The normalized spacial score (nSPS) is 16.2. The van der Waals surface area contributed by atoms with Crippen LogP contribution in [0.1, 0.15) is 24.5 Å². The van der Waals surface area contributed by atoms with Crippen LogP contribution >= 0.6 is 0 Å². The van der Waals surface area contributed by atoms with Crippen LogP contribution in [-0.2, 0) is 19.6 Å². The lowest BCUT2D eigenvalue weighted by molar-refractivity contribution is -0.118. The van der Waals surface area contributed by atoms with E-state index in [0.29, 0.717) is 5.56 Å². The molecular formula is C22H26N4O4S. The van der Waals surface area contributed by atoms with Gasteiger partial charge >= 0.3 is 0 Å². The molecule has 0 aliphatic carbocycles. The van der Waals surface area contributed by atoms with E-state index in [1.54, 1.807) is 24.1 Å². The molecule has 1 atom stereocenters. The molecule has 164 valence electrons. The van der Waals surface area contributed by atoms with Gasteiger partial charge in [0.2, 0.25) is 10.0 Å².